The predicted octanol–water partition coefficient (Wildman–Crippen LogP) is 3.10. The van der Waals surface area contributed by atoms with Gasteiger partial charge in [0.1, 0.15) is 12.4 Å². The minimum Gasteiger partial charge on any atom is -0.349 e. The fraction of sp³-hybridized carbons (Fsp3) is 0.263. The number of nitro groups is 1. The predicted molar refractivity (Wildman–Crippen MR) is 100 cm³/mol. The van der Waals surface area contributed by atoms with Crippen LogP contribution >= 0.6 is 0 Å². The van der Waals surface area contributed by atoms with E-state index in [-0.39, 0.29) is 30.1 Å². The van der Waals surface area contributed by atoms with Crippen LogP contribution in [0.15, 0.2) is 61.2 Å². The number of aromatic nitrogens is 3. The van der Waals surface area contributed by atoms with Gasteiger partial charge >= 0.3 is 5.69 Å². The number of nitrogens with one attached hydrogen (secondary N) is 1. The molecule has 0 saturated carbocycles. The Morgan fingerprint density at radius 2 is 2.00 bits per heavy atom. The van der Waals surface area contributed by atoms with Gasteiger partial charge in [0.05, 0.1) is 23.4 Å². The van der Waals surface area contributed by atoms with Crippen molar-refractivity contribution in [1.29, 1.82) is 0 Å². The number of nitrogens with zero attached hydrogens (tertiary/aromatic N) is 4. The molecule has 0 aliphatic heterocycles. The van der Waals surface area contributed by atoms with Crippen LogP contribution in [0.2, 0.25) is 0 Å². The van der Waals surface area contributed by atoms with E-state index in [4.69, 9.17) is 0 Å². The highest BCUT2D eigenvalue weighted by molar-refractivity contribution is 5.78. The van der Waals surface area contributed by atoms with Gasteiger partial charge in [0.2, 0.25) is 5.91 Å². The Bertz CT molecular complexity index is 932. The van der Waals surface area contributed by atoms with E-state index in [2.05, 4.69) is 10.4 Å². The third-order valence-corrected chi connectivity index (χ3v) is 4.37. The Morgan fingerprint density at radius 1 is 1.26 bits per heavy atom. The molecule has 2 aromatic heterocycles. The Balaban J connectivity index is 1.62. The summed E-state index contributed by atoms with van der Waals surface area (Å²) in [5.41, 5.74) is 1.93. The Morgan fingerprint density at radius 3 is 2.67 bits per heavy atom. The molecule has 1 amide bonds. The molecule has 0 fully saturated rings. The average molecular weight is 367 g/mol. The highest BCUT2D eigenvalue weighted by Gasteiger charge is 2.18. The van der Waals surface area contributed by atoms with Crippen LogP contribution in [-0.4, -0.2) is 25.2 Å². The van der Waals surface area contributed by atoms with E-state index in [9.17, 15) is 14.9 Å². The molecule has 1 N–H and O–H groups in total. The molecular formula is C19H21N5O3. The van der Waals surface area contributed by atoms with Crippen molar-refractivity contribution in [3.8, 4) is 5.69 Å². The van der Waals surface area contributed by atoms with Gasteiger partial charge in [0, 0.05) is 18.1 Å². The average Bonchev–Trinajstić information content (AvgIpc) is 3.33. The summed E-state index contributed by atoms with van der Waals surface area (Å²) in [4.78, 5) is 22.7. The minimum atomic E-state index is -0.506. The first-order chi connectivity index (χ1) is 12.9. The van der Waals surface area contributed by atoms with Crippen molar-refractivity contribution in [2.75, 3.05) is 0 Å². The molecule has 0 aliphatic rings. The highest BCUT2D eigenvalue weighted by atomic mass is 16.6. The van der Waals surface area contributed by atoms with Crippen LogP contribution in [0.25, 0.3) is 5.69 Å². The third-order valence-electron chi connectivity index (χ3n) is 4.37. The lowest BCUT2D eigenvalue weighted by atomic mass is 10.1. The number of hydrogen-bond donors (Lipinski definition) is 1. The lowest BCUT2D eigenvalue weighted by Crippen LogP contribution is -2.33. The van der Waals surface area contributed by atoms with Gasteiger partial charge in [0.25, 0.3) is 0 Å². The maximum Gasteiger partial charge on any atom is 0.306 e. The van der Waals surface area contributed by atoms with Crippen molar-refractivity contribution < 1.29 is 9.72 Å². The smallest absolute Gasteiger partial charge is 0.306 e. The number of carbonyl (C=O) groups is 1. The van der Waals surface area contributed by atoms with E-state index in [1.165, 1.54) is 17.1 Å². The van der Waals surface area contributed by atoms with Crippen LogP contribution in [-0.2, 0) is 11.3 Å². The molecule has 0 bridgehead atoms. The van der Waals surface area contributed by atoms with Gasteiger partial charge in [-0.3, -0.25) is 19.6 Å². The topological polar surface area (TPSA) is 95.0 Å². The normalized spacial score (nSPS) is 13.1. The lowest BCUT2D eigenvalue weighted by Gasteiger charge is -2.18. The van der Waals surface area contributed by atoms with Crippen LogP contribution in [0.3, 0.4) is 0 Å². The molecule has 3 rings (SSSR count). The van der Waals surface area contributed by atoms with E-state index in [1.807, 2.05) is 60.3 Å². The highest BCUT2D eigenvalue weighted by Crippen LogP contribution is 2.18. The van der Waals surface area contributed by atoms with Gasteiger partial charge in [-0.05, 0) is 36.8 Å². The van der Waals surface area contributed by atoms with E-state index in [0.717, 1.165) is 11.3 Å². The Hall–Kier alpha value is -3.42. The molecule has 0 spiro atoms. The van der Waals surface area contributed by atoms with Gasteiger partial charge in [-0.1, -0.05) is 19.1 Å². The molecule has 0 radical (unpaired) electrons. The van der Waals surface area contributed by atoms with Crippen molar-refractivity contribution in [1.82, 2.24) is 19.7 Å². The summed E-state index contributed by atoms with van der Waals surface area (Å²) in [5, 5.41) is 17.6. The molecular weight excluding hydrogens is 346 g/mol. The molecule has 8 heteroatoms. The fourth-order valence-corrected chi connectivity index (χ4v) is 2.81. The molecule has 2 heterocycles. The zero-order chi connectivity index (χ0) is 19.4. The van der Waals surface area contributed by atoms with Gasteiger partial charge in [-0.2, -0.15) is 5.10 Å². The van der Waals surface area contributed by atoms with E-state index < -0.39 is 4.92 Å². The summed E-state index contributed by atoms with van der Waals surface area (Å²) in [6, 6.07) is 11.7. The number of hydrogen-bond acceptors (Lipinski definition) is 4. The van der Waals surface area contributed by atoms with Gasteiger partial charge in [0.15, 0.2) is 0 Å². The van der Waals surface area contributed by atoms with Crippen molar-refractivity contribution in [3.63, 3.8) is 0 Å². The minimum absolute atomic E-state index is 0.0854. The monoisotopic (exact) mass is 367 g/mol. The van der Waals surface area contributed by atoms with Gasteiger partial charge in [-0.15, -0.1) is 0 Å². The van der Waals surface area contributed by atoms with Crippen LogP contribution < -0.4 is 5.32 Å². The second-order valence-corrected chi connectivity index (χ2v) is 6.49. The molecule has 3 aromatic rings. The summed E-state index contributed by atoms with van der Waals surface area (Å²) in [6.45, 7) is 3.97. The molecule has 0 aliphatic carbocycles. The zero-order valence-electron chi connectivity index (χ0n) is 15.1. The lowest BCUT2D eigenvalue weighted by molar-refractivity contribution is -0.385. The summed E-state index contributed by atoms with van der Waals surface area (Å²) < 4.78 is 3.42. The van der Waals surface area contributed by atoms with Gasteiger partial charge < -0.3 is 9.88 Å². The number of carbonyl (C=O) groups excluding carboxylic acids is 1. The molecule has 0 saturated heterocycles. The molecule has 1 aromatic carbocycles. The van der Waals surface area contributed by atoms with Crippen LogP contribution in [0, 0.1) is 16.0 Å². The van der Waals surface area contributed by atoms with Crippen LogP contribution in [0.4, 0.5) is 5.69 Å². The maximum absolute atomic E-state index is 12.5. The third kappa shape index (κ3) is 4.41. The quantitative estimate of drug-likeness (QED) is 0.513. The Labute approximate surface area is 156 Å². The Kier molecular flexibility index (Phi) is 5.35. The molecule has 2 atom stereocenters. The van der Waals surface area contributed by atoms with Crippen LogP contribution in [0.1, 0.15) is 25.5 Å². The van der Waals surface area contributed by atoms with Gasteiger partial charge in [-0.25, -0.2) is 0 Å². The van der Waals surface area contributed by atoms with E-state index in [1.54, 1.807) is 6.92 Å². The summed E-state index contributed by atoms with van der Waals surface area (Å²) in [6.07, 6.45) is 6.44. The largest absolute Gasteiger partial charge is 0.349 e. The zero-order valence-corrected chi connectivity index (χ0v) is 15.1. The first-order valence-electron chi connectivity index (χ1n) is 8.64. The standard InChI is InChI=1S/C19H21N5O3/c1-14(12-23-13-18(11-20-23)24(26)27)19(25)21-15(2)16-6-5-7-17(10-16)22-8-3-4-9-22/h3-11,13-15H,12H2,1-2H3,(H,21,25). The summed E-state index contributed by atoms with van der Waals surface area (Å²) in [7, 11) is 0. The maximum atomic E-state index is 12.5. The van der Waals surface area contributed by atoms with E-state index in [0.29, 0.717) is 0 Å². The SMILES string of the molecule is CC(Cn1cc([N+](=O)[O-])cn1)C(=O)NC(C)c1cccc(-n2cccc2)c1. The first kappa shape index (κ1) is 18.4. The number of rotatable bonds is 7. The fourth-order valence-electron chi connectivity index (χ4n) is 2.81. The molecule has 27 heavy (non-hydrogen) atoms. The van der Waals surface area contributed by atoms with Crippen molar-refractivity contribution in [2.45, 2.75) is 26.4 Å². The molecule has 2 unspecified atom stereocenters. The second kappa shape index (κ2) is 7.86. The van der Waals surface area contributed by atoms with Crippen molar-refractivity contribution in [2.24, 2.45) is 5.92 Å². The number of amides is 1. The summed E-state index contributed by atoms with van der Waals surface area (Å²) in [5.74, 6) is -0.508. The second-order valence-electron chi connectivity index (χ2n) is 6.49. The van der Waals surface area contributed by atoms with Crippen molar-refractivity contribution >= 4 is 11.6 Å². The van der Waals surface area contributed by atoms with E-state index >= 15 is 0 Å². The molecule has 140 valence electrons. The summed E-state index contributed by atoms with van der Waals surface area (Å²) >= 11 is 0. The molecule has 8 nitrogen and oxygen atoms in total. The number of benzene rings is 1. The van der Waals surface area contributed by atoms with Crippen LogP contribution in [0.5, 0.6) is 0 Å². The first-order valence-corrected chi connectivity index (χ1v) is 8.64. The van der Waals surface area contributed by atoms with Crippen molar-refractivity contribution in [3.05, 3.63) is 76.9 Å².